The fourth-order valence-corrected chi connectivity index (χ4v) is 5.96. The van der Waals surface area contributed by atoms with Crippen LogP contribution < -0.4 is 16.0 Å². The van der Waals surface area contributed by atoms with E-state index >= 15 is 13.2 Å². The third-order valence-corrected chi connectivity index (χ3v) is 8.55. The number of rotatable bonds is 6. The van der Waals surface area contributed by atoms with Crippen molar-refractivity contribution in [1.29, 1.82) is 0 Å². The fraction of sp³-hybridized carbons (Fsp3) is 0.345. The van der Waals surface area contributed by atoms with Gasteiger partial charge in [0.1, 0.15) is 23.6 Å². The van der Waals surface area contributed by atoms with Gasteiger partial charge in [0, 0.05) is 60.5 Å². The smallest absolute Gasteiger partial charge is 0.260 e. The number of likely N-dealkylation sites (tertiary alicyclic amines) is 1. The molecule has 2 fully saturated rings. The molecule has 1 aliphatic carbocycles. The molecule has 0 radical (unpaired) electrons. The van der Waals surface area contributed by atoms with Gasteiger partial charge in [-0.05, 0) is 25.5 Å². The van der Waals surface area contributed by atoms with Crippen molar-refractivity contribution in [3.8, 4) is 0 Å². The number of hydrogen-bond acceptors (Lipinski definition) is 5. The predicted octanol–water partition coefficient (Wildman–Crippen LogP) is 4.70. The molecular formula is C29H25ClF5N5O2. The molecule has 220 valence electrons. The van der Waals surface area contributed by atoms with Crippen molar-refractivity contribution in [3.63, 3.8) is 0 Å². The highest BCUT2D eigenvalue weighted by molar-refractivity contribution is 6.30. The first kappa shape index (κ1) is 28.4. The first-order valence-corrected chi connectivity index (χ1v) is 13.6. The molecule has 0 bridgehead atoms. The monoisotopic (exact) mass is 605 g/mol. The van der Waals surface area contributed by atoms with Crippen LogP contribution in [0.25, 0.3) is 0 Å². The molecule has 3 heterocycles. The van der Waals surface area contributed by atoms with E-state index in [1.807, 2.05) is 0 Å². The molecule has 3 atom stereocenters. The van der Waals surface area contributed by atoms with Gasteiger partial charge in [0.25, 0.3) is 5.91 Å². The van der Waals surface area contributed by atoms with Gasteiger partial charge in [0.15, 0.2) is 11.6 Å². The summed E-state index contributed by atoms with van der Waals surface area (Å²) in [4.78, 5) is 32.4. The number of anilines is 2. The van der Waals surface area contributed by atoms with E-state index in [-0.39, 0.29) is 65.1 Å². The molecule has 3 N–H and O–H groups in total. The zero-order chi connectivity index (χ0) is 30.1. The summed E-state index contributed by atoms with van der Waals surface area (Å²) in [5.41, 5.74) is 2.76. The molecule has 2 aliphatic heterocycles. The van der Waals surface area contributed by atoms with Gasteiger partial charge >= 0.3 is 0 Å². The Morgan fingerprint density at radius 1 is 1.17 bits per heavy atom. The van der Waals surface area contributed by atoms with Crippen LogP contribution in [-0.4, -0.2) is 53.5 Å². The molecule has 0 spiro atoms. The van der Waals surface area contributed by atoms with Crippen LogP contribution in [0.2, 0.25) is 5.02 Å². The number of halogens is 6. The highest BCUT2D eigenvalue weighted by Gasteiger charge is 2.49. The number of alkyl halides is 1. The van der Waals surface area contributed by atoms with Crippen molar-refractivity contribution in [3.05, 3.63) is 87.1 Å². The van der Waals surface area contributed by atoms with E-state index in [0.717, 1.165) is 23.2 Å². The molecule has 1 saturated heterocycles. The number of fused-ring (bicyclic) bond motifs is 1. The molecule has 7 nitrogen and oxygen atoms in total. The van der Waals surface area contributed by atoms with E-state index in [9.17, 15) is 18.4 Å². The minimum absolute atomic E-state index is 0.0742. The number of carbonyl (C=O) groups is 2. The SMILES string of the molecule is C[C@]1(c2cccc(Cl)c2F)CN(c2cc(F)c(CN)cc2F)C(=O)c2cnc(NC3CN(C(=O)[C@@H]4C[C@@H]4F)C3)c(F)c21. The Hall–Kier alpha value is -3.77. The van der Waals surface area contributed by atoms with Gasteiger partial charge in [-0.25, -0.2) is 26.9 Å². The van der Waals surface area contributed by atoms with Crippen molar-refractivity contribution in [2.24, 2.45) is 11.7 Å². The minimum Gasteiger partial charge on any atom is -0.361 e. The average Bonchev–Trinajstić information content (AvgIpc) is 3.67. The number of nitrogens with two attached hydrogens (primary N) is 1. The lowest BCUT2D eigenvalue weighted by Crippen LogP contribution is -2.58. The summed E-state index contributed by atoms with van der Waals surface area (Å²) in [6.07, 6.45) is 0.165. The quantitative estimate of drug-likeness (QED) is 0.398. The summed E-state index contributed by atoms with van der Waals surface area (Å²) in [6, 6.07) is 5.46. The standard InChI is InChI=1S/C29H25ClF5N5O2/c1-29(17-3-2-4-18(30)24(17)34)12-40(22-7-19(31)13(8-36)5-21(22)33)28(42)16-9-37-26(25(35)23(16)29)38-14-10-39(11-14)27(41)15-6-20(15)32/h2-5,7,9,14-15,20H,6,8,10-12,36H2,1H3,(H,37,38)/t15-,20+,29-/m1/s1. The van der Waals surface area contributed by atoms with Crippen molar-refractivity contribution in [1.82, 2.24) is 9.88 Å². The fourth-order valence-electron chi connectivity index (χ4n) is 5.78. The Labute approximate surface area is 242 Å². The summed E-state index contributed by atoms with van der Waals surface area (Å²) in [7, 11) is 0. The van der Waals surface area contributed by atoms with E-state index in [1.54, 1.807) is 0 Å². The maximum absolute atomic E-state index is 16.3. The summed E-state index contributed by atoms with van der Waals surface area (Å²) in [6.45, 7) is 1.14. The highest BCUT2D eigenvalue weighted by Crippen LogP contribution is 2.45. The number of amides is 2. The second-order valence-electron chi connectivity index (χ2n) is 11.1. The Morgan fingerprint density at radius 2 is 1.88 bits per heavy atom. The van der Waals surface area contributed by atoms with E-state index in [0.29, 0.717) is 0 Å². The van der Waals surface area contributed by atoms with Crippen molar-refractivity contribution >= 4 is 34.9 Å². The largest absolute Gasteiger partial charge is 0.361 e. The van der Waals surface area contributed by atoms with Crippen LogP contribution >= 0.6 is 11.6 Å². The zero-order valence-corrected chi connectivity index (χ0v) is 23.0. The lowest BCUT2D eigenvalue weighted by Gasteiger charge is -2.43. The summed E-state index contributed by atoms with van der Waals surface area (Å²) >= 11 is 6.07. The predicted molar refractivity (Wildman–Crippen MR) is 145 cm³/mol. The van der Waals surface area contributed by atoms with Crippen LogP contribution in [0.1, 0.15) is 40.4 Å². The topological polar surface area (TPSA) is 91.6 Å². The maximum Gasteiger partial charge on any atom is 0.260 e. The van der Waals surface area contributed by atoms with E-state index in [1.165, 1.54) is 30.0 Å². The first-order valence-electron chi connectivity index (χ1n) is 13.3. The van der Waals surface area contributed by atoms with E-state index in [4.69, 9.17) is 17.3 Å². The summed E-state index contributed by atoms with van der Waals surface area (Å²) < 4.78 is 75.0. The second kappa shape index (κ2) is 10.2. The highest BCUT2D eigenvalue weighted by atomic mass is 35.5. The zero-order valence-electron chi connectivity index (χ0n) is 22.2. The number of nitrogens with zero attached hydrogens (tertiary/aromatic N) is 3. The van der Waals surface area contributed by atoms with Gasteiger partial charge in [0.2, 0.25) is 5.91 Å². The van der Waals surface area contributed by atoms with Gasteiger partial charge in [0.05, 0.1) is 28.2 Å². The first-order chi connectivity index (χ1) is 19.9. The molecule has 2 amide bonds. The van der Waals surface area contributed by atoms with Gasteiger partial charge < -0.3 is 20.9 Å². The van der Waals surface area contributed by atoms with Crippen LogP contribution in [0.5, 0.6) is 0 Å². The second-order valence-corrected chi connectivity index (χ2v) is 11.5. The Kier molecular flexibility index (Phi) is 6.88. The number of pyridine rings is 1. The molecule has 3 aliphatic rings. The van der Waals surface area contributed by atoms with Gasteiger partial charge in [-0.2, -0.15) is 0 Å². The van der Waals surface area contributed by atoms with Crippen LogP contribution in [0, 0.1) is 29.2 Å². The third-order valence-electron chi connectivity index (χ3n) is 8.26. The lowest BCUT2D eigenvalue weighted by molar-refractivity contribution is -0.136. The van der Waals surface area contributed by atoms with Crippen LogP contribution in [0.3, 0.4) is 0 Å². The molecule has 13 heteroatoms. The minimum atomic E-state index is -1.64. The molecular weight excluding hydrogens is 581 g/mol. The average molecular weight is 606 g/mol. The van der Waals surface area contributed by atoms with Gasteiger partial charge in [-0.1, -0.05) is 23.7 Å². The van der Waals surface area contributed by atoms with Crippen molar-refractivity contribution in [2.45, 2.75) is 37.5 Å². The van der Waals surface area contributed by atoms with Crippen molar-refractivity contribution < 1.29 is 31.5 Å². The third kappa shape index (κ3) is 4.48. The maximum atomic E-state index is 16.3. The molecule has 6 rings (SSSR count). The molecule has 0 unspecified atom stereocenters. The van der Waals surface area contributed by atoms with E-state index in [2.05, 4.69) is 10.3 Å². The van der Waals surface area contributed by atoms with Gasteiger partial charge in [-0.15, -0.1) is 0 Å². The summed E-state index contributed by atoms with van der Waals surface area (Å²) in [5.74, 6) is -5.62. The van der Waals surface area contributed by atoms with Crippen LogP contribution in [0.15, 0.2) is 36.5 Å². The van der Waals surface area contributed by atoms with Crippen LogP contribution in [-0.2, 0) is 16.8 Å². The van der Waals surface area contributed by atoms with Crippen molar-refractivity contribution in [2.75, 3.05) is 29.9 Å². The van der Waals surface area contributed by atoms with E-state index < -0.39 is 65.0 Å². The molecule has 3 aromatic rings. The summed E-state index contributed by atoms with van der Waals surface area (Å²) in [5, 5.41) is 2.67. The van der Waals surface area contributed by atoms with Gasteiger partial charge in [-0.3, -0.25) is 9.59 Å². The Morgan fingerprint density at radius 3 is 2.55 bits per heavy atom. The number of benzene rings is 2. The number of carbonyl (C=O) groups excluding carboxylic acids is 2. The molecule has 1 aromatic heterocycles. The number of aromatic nitrogens is 1. The lowest BCUT2D eigenvalue weighted by atomic mass is 9.71. The molecule has 42 heavy (non-hydrogen) atoms. The Balaban J connectivity index is 1.40. The Bertz CT molecular complexity index is 1630. The number of nitrogens with one attached hydrogen (secondary N) is 1. The molecule has 1 saturated carbocycles. The number of hydrogen-bond donors (Lipinski definition) is 2. The molecule has 2 aromatic carbocycles. The normalized spacial score (nSPS) is 23.5. The van der Waals surface area contributed by atoms with Crippen LogP contribution in [0.4, 0.5) is 33.5 Å².